The summed E-state index contributed by atoms with van der Waals surface area (Å²) < 4.78 is 5.35. The number of aromatic carboxylic acids is 1. The normalized spacial score (nSPS) is 10.9. The van der Waals surface area contributed by atoms with Crippen LogP contribution in [-0.2, 0) is 0 Å². The van der Waals surface area contributed by atoms with E-state index < -0.39 is 5.97 Å². The minimum Gasteiger partial charge on any atom is -0.870 e. The van der Waals surface area contributed by atoms with Crippen LogP contribution in [0.3, 0.4) is 0 Å². The molecule has 0 unspecified atom stereocenters. The summed E-state index contributed by atoms with van der Waals surface area (Å²) in [5.41, 5.74) is 2.76. The molecule has 0 amide bonds. The Balaban J connectivity index is 1.91. The van der Waals surface area contributed by atoms with Crippen LogP contribution >= 0.6 is 0 Å². The number of nitrogens with one attached hydrogen (secondary N) is 1. The van der Waals surface area contributed by atoms with Crippen LogP contribution in [-0.4, -0.2) is 32.9 Å². The van der Waals surface area contributed by atoms with Crippen molar-refractivity contribution in [1.29, 1.82) is 0 Å². The molecule has 0 bridgehead atoms. The smallest absolute Gasteiger partial charge is 0.336 e. The summed E-state index contributed by atoms with van der Waals surface area (Å²) >= 11 is 0. The standard InChI is InChI=1S/C21H17N3O4/c1-2-28-17-10-13(8-9-16(17)25)15-11-14(21(26)27)18-19(23-24-20(18)22-15)12-6-4-3-5-7-12/h3-11,25H,2H2,1H3,(H,26,27)(H,22,23,24)/p-1. The lowest BCUT2D eigenvalue weighted by molar-refractivity contribution is -0.270. The van der Waals surface area contributed by atoms with Crippen LogP contribution < -0.4 is 9.84 Å². The van der Waals surface area contributed by atoms with E-state index in [-0.39, 0.29) is 22.7 Å². The van der Waals surface area contributed by atoms with Crippen LogP contribution in [0.15, 0.2) is 54.6 Å². The number of H-pyrrole nitrogens is 1. The number of benzene rings is 2. The van der Waals surface area contributed by atoms with Crippen LogP contribution in [0, 0.1) is 0 Å². The number of pyridine rings is 1. The fourth-order valence-corrected chi connectivity index (χ4v) is 3.09. The predicted molar refractivity (Wildman–Crippen MR) is 102 cm³/mol. The Morgan fingerprint density at radius 2 is 1.93 bits per heavy atom. The molecular formula is C21H16N3O4-. The lowest BCUT2D eigenvalue weighted by Gasteiger charge is -2.15. The predicted octanol–water partition coefficient (Wildman–Crippen LogP) is 3.46. The number of fused-ring (bicyclic) bond motifs is 1. The van der Waals surface area contributed by atoms with E-state index in [1.165, 1.54) is 12.1 Å². The molecule has 0 aliphatic heterocycles. The van der Waals surface area contributed by atoms with E-state index in [0.717, 1.165) is 5.56 Å². The number of carboxylic acids is 1. The molecule has 0 radical (unpaired) electrons. The summed E-state index contributed by atoms with van der Waals surface area (Å²) in [5.74, 6) is -1.13. The van der Waals surface area contributed by atoms with Gasteiger partial charge in [0.15, 0.2) is 5.65 Å². The van der Waals surface area contributed by atoms with Crippen molar-refractivity contribution in [2.45, 2.75) is 6.92 Å². The average Bonchev–Trinajstić information content (AvgIpc) is 3.13. The average molecular weight is 374 g/mol. The fourth-order valence-electron chi connectivity index (χ4n) is 3.09. The maximum absolute atomic E-state index is 12.0. The number of ether oxygens (including phenoxy) is 1. The van der Waals surface area contributed by atoms with Crippen molar-refractivity contribution in [1.82, 2.24) is 15.2 Å². The summed E-state index contributed by atoms with van der Waals surface area (Å²) in [6, 6.07) is 15.4. The molecule has 0 aliphatic carbocycles. The zero-order chi connectivity index (χ0) is 19.7. The van der Waals surface area contributed by atoms with E-state index in [1.54, 1.807) is 19.1 Å². The van der Waals surface area contributed by atoms with Gasteiger partial charge < -0.3 is 14.9 Å². The van der Waals surface area contributed by atoms with Crippen molar-refractivity contribution in [2.24, 2.45) is 0 Å². The van der Waals surface area contributed by atoms with Crippen molar-refractivity contribution in [3.63, 3.8) is 0 Å². The first kappa shape index (κ1) is 17.5. The number of rotatable bonds is 5. The summed E-state index contributed by atoms with van der Waals surface area (Å²) in [6.07, 6.45) is 0. The van der Waals surface area contributed by atoms with Crippen LogP contribution in [0.1, 0.15) is 17.3 Å². The van der Waals surface area contributed by atoms with Gasteiger partial charge in [0.1, 0.15) is 5.75 Å². The number of carboxylic acid groups (broad SMARTS) is 1. The molecular weight excluding hydrogens is 358 g/mol. The van der Waals surface area contributed by atoms with Gasteiger partial charge in [-0.1, -0.05) is 48.2 Å². The van der Waals surface area contributed by atoms with Crippen molar-refractivity contribution in [3.05, 3.63) is 60.2 Å². The number of nitrogens with zero attached hydrogens (tertiary/aromatic N) is 2. The van der Waals surface area contributed by atoms with E-state index in [2.05, 4.69) is 15.2 Å². The molecule has 0 fully saturated rings. The van der Waals surface area contributed by atoms with Gasteiger partial charge in [-0.05, 0) is 19.1 Å². The first-order valence-corrected chi connectivity index (χ1v) is 8.70. The Morgan fingerprint density at radius 3 is 2.64 bits per heavy atom. The zero-order valence-corrected chi connectivity index (χ0v) is 15.0. The summed E-state index contributed by atoms with van der Waals surface area (Å²) in [7, 11) is 0. The molecule has 0 spiro atoms. The zero-order valence-electron chi connectivity index (χ0n) is 15.0. The van der Waals surface area contributed by atoms with Gasteiger partial charge >= 0.3 is 5.97 Å². The second-order valence-corrected chi connectivity index (χ2v) is 6.12. The SMILES string of the molecule is CCOc1cc(-c2cc(C(=O)O)c3c(-c4ccccc4)[nH]nc3n2)ccc1[O-]. The molecule has 140 valence electrons. The minimum absolute atomic E-state index is 0.0803. The number of hydrogen-bond acceptors (Lipinski definition) is 5. The van der Waals surface area contributed by atoms with Crippen molar-refractivity contribution in [2.75, 3.05) is 6.61 Å². The minimum atomic E-state index is -1.09. The van der Waals surface area contributed by atoms with Crippen LogP contribution in [0.5, 0.6) is 11.5 Å². The Morgan fingerprint density at radius 1 is 1.14 bits per heavy atom. The Hall–Kier alpha value is -3.87. The van der Waals surface area contributed by atoms with Crippen molar-refractivity contribution >= 4 is 17.0 Å². The molecule has 7 nitrogen and oxygen atoms in total. The Labute approximate surface area is 160 Å². The van der Waals surface area contributed by atoms with Crippen molar-refractivity contribution < 1.29 is 19.7 Å². The van der Waals surface area contributed by atoms with Crippen LogP contribution in [0.25, 0.3) is 33.5 Å². The van der Waals surface area contributed by atoms with E-state index in [1.807, 2.05) is 30.3 Å². The molecule has 4 aromatic rings. The third-order valence-electron chi connectivity index (χ3n) is 4.36. The monoisotopic (exact) mass is 374 g/mol. The summed E-state index contributed by atoms with van der Waals surface area (Å²) in [4.78, 5) is 16.5. The van der Waals surface area contributed by atoms with Crippen LogP contribution in [0.4, 0.5) is 0 Å². The van der Waals surface area contributed by atoms with E-state index >= 15 is 0 Å². The molecule has 2 aromatic carbocycles. The lowest BCUT2D eigenvalue weighted by atomic mass is 10.0. The molecule has 2 aromatic heterocycles. The highest BCUT2D eigenvalue weighted by Crippen LogP contribution is 2.34. The first-order chi connectivity index (χ1) is 13.6. The first-order valence-electron chi connectivity index (χ1n) is 8.70. The van der Waals surface area contributed by atoms with Crippen LogP contribution in [0.2, 0.25) is 0 Å². The molecule has 0 saturated heterocycles. The fraction of sp³-hybridized carbons (Fsp3) is 0.0952. The number of carbonyl (C=O) groups is 1. The number of aromatic nitrogens is 3. The van der Waals surface area contributed by atoms with Gasteiger partial charge in [0.2, 0.25) is 0 Å². The maximum Gasteiger partial charge on any atom is 0.336 e. The van der Waals surface area contributed by atoms with Gasteiger partial charge in [0.25, 0.3) is 0 Å². The molecule has 0 atom stereocenters. The van der Waals surface area contributed by atoms with Gasteiger partial charge in [-0.15, -0.1) is 0 Å². The third-order valence-corrected chi connectivity index (χ3v) is 4.36. The number of aromatic amines is 1. The second kappa shape index (κ2) is 7.03. The van der Waals surface area contributed by atoms with Gasteiger partial charge in [0, 0.05) is 11.1 Å². The molecule has 28 heavy (non-hydrogen) atoms. The topological polar surface area (TPSA) is 111 Å². The summed E-state index contributed by atoms with van der Waals surface area (Å²) in [6.45, 7) is 2.14. The van der Waals surface area contributed by atoms with Gasteiger partial charge in [-0.2, -0.15) is 5.10 Å². The summed E-state index contributed by atoms with van der Waals surface area (Å²) in [5, 5.41) is 29.2. The third kappa shape index (κ3) is 3.03. The van der Waals surface area contributed by atoms with Crippen molar-refractivity contribution in [3.8, 4) is 34.0 Å². The highest BCUT2D eigenvalue weighted by molar-refractivity contribution is 6.08. The number of hydrogen-bond donors (Lipinski definition) is 2. The quantitative estimate of drug-likeness (QED) is 0.553. The van der Waals surface area contributed by atoms with Gasteiger partial charge in [-0.25, -0.2) is 9.78 Å². The highest BCUT2D eigenvalue weighted by atomic mass is 16.5. The van der Waals surface area contributed by atoms with E-state index in [4.69, 9.17) is 4.74 Å². The molecule has 0 aliphatic rings. The lowest BCUT2D eigenvalue weighted by Crippen LogP contribution is -2.01. The maximum atomic E-state index is 12.0. The molecule has 4 rings (SSSR count). The largest absolute Gasteiger partial charge is 0.870 e. The van der Waals surface area contributed by atoms with Gasteiger partial charge in [0.05, 0.1) is 28.9 Å². The second-order valence-electron chi connectivity index (χ2n) is 6.12. The molecule has 0 saturated carbocycles. The molecule has 2 heterocycles. The van der Waals surface area contributed by atoms with E-state index in [9.17, 15) is 15.0 Å². The molecule has 7 heteroatoms. The van der Waals surface area contributed by atoms with E-state index in [0.29, 0.717) is 28.9 Å². The Kier molecular flexibility index (Phi) is 4.41. The molecule has 2 N–H and O–H groups in total. The Bertz CT molecular complexity index is 1170. The highest BCUT2D eigenvalue weighted by Gasteiger charge is 2.19. The van der Waals surface area contributed by atoms with Gasteiger partial charge in [-0.3, -0.25) is 5.10 Å².